The summed E-state index contributed by atoms with van der Waals surface area (Å²) in [6.45, 7) is 10.9. The van der Waals surface area contributed by atoms with Gasteiger partial charge in [0.25, 0.3) is 0 Å². The van der Waals surface area contributed by atoms with Gasteiger partial charge in [-0.25, -0.2) is 17.7 Å². The summed E-state index contributed by atoms with van der Waals surface area (Å²) in [6, 6.07) is 8.38. The van der Waals surface area contributed by atoms with Gasteiger partial charge in [0.15, 0.2) is 0 Å². The fourth-order valence-corrected chi connectivity index (χ4v) is 6.48. The van der Waals surface area contributed by atoms with Gasteiger partial charge in [-0.1, -0.05) is 23.2 Å². The summed E-state index contributed by atoms with van der Waals surface area (Å²) in [6.07, 6.45) is 0. The molecule has 2 aliphatic heterocycles. The van der Waals surface area contributed by atoms with Crippen molar-refractivity contribution in [1.29, 1.82) is 0 Å². The van der Waals surface area contributed by atoms with Gasteiger partial charge in [0.1, 0.15) is 16.5 Å². The molecule has 11 heteroatoms. The molecule has 2 saturated heterocycles. The van der Waals surface area contributed by atoms with Crippen LogP contribution in [0.5, 0.6) is 5.75 Å². The molecule has 0 bridgehead atoms. The van der Waals surface area contributed by atoms with E-state index in [1.165, 1.54) is 34.6 Å². The number of benzene rings is 2. The highest BCUT2D eigenvalue weighted by Gasteiger charge is 2.50. The van der Waals surface area contributed by atoms with Gasteiger partial charge in [0.2, 0.25) is 15.7 Å². The summed E-state index contributed by atoms with van der Waals surface area (Å²) in [4.78, 5) is 5.33. The summed E-state index contributed by atoms with van der Waals surface area (Å²) < 4.78 is 53.0. The molecule has 176 valence electrons. The Kier molecular flexibility index (Phi) is 7.15. The number of halogens is 3. The van der Waals surface area contributed by atoms with Crippen LogP contribution in [0.1, 0.15) is 0 Å². The van der Waals surface area contributed by atoms with Crippen LogP contribution < -0.4 is 4.74 Å². The van der Waals surface area contributed by atoms with Crippen molar-refractivity contribution < 1.29 is 22.3 Å². The molecule has 7 nitrogen and oxygen atoms in total. The van der Waals surface area contributed by atoms with E-state index >= 15 is 0 Å². The molecule has 2 aromatic rings. The summed E-state index contributed by atoms with van der Waals surface area (Å²) in [5.41, 5.74) is -0.565. The smallest absolute Gasteiger partial charge is 0.244 e. The Balaban J connectivity index is 1.51. The lowest BCUT2D eigenvalue weighted by Crippen LogP contribution is -2.65. The van der Waals surface area contributed by atoms with E-state index in [9.17, 15) is 12.8 Å². The molecule has 0 spiro atoms. The Hall–Kier alpha value is -1.93. The average molecular weight is 514 g/mol. The number of sulfonamides is 1. The molecule has 0 N–H and O–H groups in total. The lowest BCUT2D eigenvalue weighted by Gasteiger charge is -2.51. The summed E-state index contributed by atoms with van der Waals surface area (Å²) in [5, 5.41) is 0.425. The maximum Gasteiger partial charge on any atom is 0.244 e. The maximum absolute atomic E-state index is 14.0. The van der Waals surface area contributed by atoms with Crippen molar-refractivity contribution >= 4 is 38.9 Å². The van der Waals surface area contributed by atoms with E-state index in [0.717, 1.165) is 13.1 Å². The molecule has 0 amide bonds. The van der Waals surface area contributed by atoms with Crippen LogP contribution >= 0.6 is 23.2 Å². The largest absolute Gasteiger partial charge is 0.493 e. The first-order valence-electron chi connectivity index (χ1n) is 10.3. The van der Waals surface area contributed by atoms with E-state index in [-0.39, 0.29) is 35.3 Å². The van der Waals surface area contributed by atoms with Crippen LogP contribution in [0.3, 0.4) is 0 Å². The molecule has 2 heterocycles. The first-order chi connectivity index (χ1) is 15.7. The Morgan fingerprint density at radius 3 is 2.52 bits per heavy atom. The van der Waals surface area contributed by atoms with Gasteiger partial charge >= 0.3 is 0 Å². The highest BCUT2D eigenvalue weighted by molar-refractivity contribution is 7.89. The third kappa shape index (κ3) is 5.27. The Morgan fingerprint density at radius 1 is 1.15 bits per heavy atom. The molecular weight excluding hydrogens is 492 g/mol. The molecule has 33 heavy (non-hydrogen) atoms. The predicted molar refractivity (Wildman–Crippen MR) is 123 cm³/mol. The Morgan fingerprint density at radius 2 is 1.88 bits per heavy atom. The number of rotatable bonds is 7. The molecule has 4 rings (SSSR count). The molecule has 2 aromatic carbocycles. The summed E-state index contributed by atoms with van der Waals surface area (Å²) in [5.74, 6) is -0.358. The van der Waals surface area contributed by atoms with Crippen molar-refractivity contribution in [3.63, 3.8) is 0 Å². The number of ether oxygens (including phenoxy) is 2. The fourth-order valence-electron chi connectivity index (χ4n) is 4.07. The van der Waals surface area contributed by atoms with Crippen molar-refractivity contribution in [3.05, 3.63) is 63.7 Å². The second-order valence-corrected chi connectivity index (χ2v) is 11.0. The first-order valence-corrected chi connectivity index (χ1v) is 12.5. The van der Waals surface area contributed by atoms with E-state index in [1.807, 2.05) is 0 Å². The van der Waals surface area contributed by atoms with Crippen molar-refractivity contribution in [2.75, 3.05) is 52.5 Å². The van der Waals surface area contributed by atoms with Crippen LogP contribution in [0.15, 0.2) is 41.3 Å². The van der Waals surface area contributed by atoms with Crippen molar-refractivity contribution in [3.8, 4) is 5.75 Å². The van der Waals surface area contributed by atoms with Crippen LogP contribution in [-0.4, -0.2) is 70.2 Å². The van der Waals surface area contributed by atoms with Crippen LogP contribution in [0.4, 0.5) is 10.1 Å². The molecule has 0 atom stereocenters. The van der Waals surface area contributed by atoms with Crippen LogP contribution in [0.25, 0.3) is 4.85 Å². The van der Waals surface area contributed by atoms with Gasteiger partial charge in [0, 0.05) is 49.2 Å². The molecule has 0 aliphatic carbocycles. The number of nitrogens with zero attached hydrogens (tertiary/aromatic N) is 3. The van der Waals surface area contributed by atoms with E-state index in [4.69, 9.17) is 39.2 Å². The highest BCUT2D eigenvalue weighted by Crippen LogP contribution is 2.39. The first kappa shape index (κ1) is 24.2. The number of hydrogen-bond acceptors (Lipinski definition) is 5. The van der Waals surface area contributed by atoms with Crippen LogP contribution in [-0.2, 0) is 14.8 Å². The molecule has 0 radical (unpaired) electrons. The third-order valence-electron chi connectivity index (χ3n) is 5.78. The zero-order chi connectivity index (χ0) is 23.6. The minimum atomic E-state index is -3.81. The third-order valence-corrected chi connectivity index (χ3v) is 8.29. The SMILES string of the molecule is [C-]#[N+]c1ccc(OCC2(CN3CCOCC3)CN(S(=O)(=O)c3ccc(Cl)cc3Cl)C2)cc1F. The molecule has 2 aliphatic rings. The fraction of sp³-hybridized carbons (Fsp3) is 0.409. The van der Waals surface area contributed by atoms with E-state index < -0.39 is 21.3 Å². The topological polar surface area (TPSA) is 63.4 Å². The highest BCUT2D eigenvalue weighted by atomic mass is 35.5. The molecule has 2 fully saturated rings. The number of morpholine rings is 1. The van der Waals surface area contributed by atoms with Gasteiger partial charge in [-0.05, 0) is 30.3 Å². The van der Waals surface area contributed by atoms with Crippen LogP contribution in [0, 0.1) is 17.8 Å². The van der Waals surface area contributed by atoms with E-state index in [2.05, 4.69) is 9.74 Å². The van der Waals surface area contributed by atoms with Crippen molar-refractivity contribution in [2.24, 2.45) is 5.41 Å². The lowest BCUT2D eigenvalue weighted by molar-refractivity contribution is -0.0404. The zero-order valence-electron chi connectivity index (χ0n) is 17.6. The Bertz CT molecular complexity index is 1180. The molecule has 0 unspecified atom stereocenters. The molecule has 0 aromatic heterocycles. The van der Waals surface area contributed by atoms with Crippen LogP contribution in [0.2, 0.25) is 10.0 Å². The summed E-state index contributed by atoms with van der Waals surface area (Å²) >= 11 is 12.1. The minimum Gasteiger partial charge on any atom is -0.493 e. The monoisotopic (exact) mass is 513 g/mol. The lowest BCUT2D eigenvalue weighted by atomic mass is 9.81. The van der Waals surface area contributed by atoms with Crippen molar-refractivity contribution in [1.82, 2.24) is 9.21 Å². The van der Waals surface area contributed by atoms with Gasteiger partial charge in [-0.15, -0.1) is 0 Å². The predicted octanol–water partition coefficient (Wildman–Crippen LogP) is 4.09. The quantitative estimate of drug-likeness (QED) is 0.522. The molecule has 0 saturated carbocycles. The molecular formula is C22H22Cl2FN3O4S. The second kappa shape index (κ2) is 9.74. The van der Waals surface area contributed by atoms with E-state index in [0.29, 0.717) is 30.5 Å². The van der Waals surface area contributed by atoms with Gasteiger partial charge < -0.3 is 9.47 Å². The minimum absolute atomic E-state index is 0.00580. The standard InChI is InChI=1S/C22H22Cl2FN3O4S/c1-26-20-4-3-17(11-19(20)25)32-15-22(12-27-6-8-31-9-7-27)13-28(14-22)33(29,30)21-5-2-16(23)10-18(21)24/h2-5,10-11H,6-9,12-15H2. The van der Waals surface area contributed by atoms with Gasteiger partial charge in [0.05, 0.1) is 31.4 Å². The van der Waals surface area contributed by atoms with Crippen molar-refractivity contribution in [2.45, 2.75) is 4.90 Å². The number of hydrogen-bond donors (Lipinski definition) is 0. The van der Waals surface area contributed by atoms with Gasteiger partial charge in [-0.3, -0.25) is 4.90 Å². The van der Waals surface area contributed by atoms with E-state index in [1.54, 1.807) is 6.07 Å². The Labute approximate surface area is 202 Å². The zero-order valence-corrected chi connectivity index (χ0v) is 20.0. The second-order valence-electron chi connectivity index (χ2n) is 8.25. The maximum atomic E-state index is 14.0. The normalized spacial score (nSPS) is 19.0. The van der Waals surface area contributed by atoms with Gasteiger partial charge in [-0.2, -0.15) is 4.31 Å². The summed E-state index contributed by atoms with van der Waals surface area (Å²) in [7, 11) is -3.81. The average Bonchev–Trinajstić information content (AvgIpc) is 2.75.